The van der Waals surface area contributed by atoms with Gasteiger partial charge >= 0.3 is 0 Å². The molecule has 2 N–H and O–H groups in total. The molecule has 0 saturated carbocycles. The van der Waals surface area contributed by atoms with Gasteiger partial charge < -0.3 is 10.2 Å². The first-order valence-electron chi connectivity index (χ1n) is 4.78. The molecular weight excluding hydrogens is 182 g/mol. The highest BCUT2D eigenvalue weighted by molar-refractivity contribution is 7.80. The molecule has 1 atom stereocenters. The Hall–Kier alpha value is -0.350. The molecule has 2 fully saturated rings. The maximum Gasteiger partial charge on any atom is 0.170 e. The van der Waals surface area contributed by atoms with Crippen LogP contribution in [0.4, 0.5) is 0 Å². The molecule has 2 saturated heterocycles. The Morgan fingerprint density at radius 1 is 1.38 bits per heavy atom. The van der Waals surface area contributed by atoms with E-state index in [1.807, 2.05) is 0 Å². The van der Waals surface area contributed by atoms with Crippen molar-refractivity contribution in [1.29, 1.82) is 0 Å². The average molecular weight is 199 g/mol. The van der Waals surface area contributed by atoms with Gasteiger partial charge in [0.2, 0.25) is 0 Å². The zero-order valence-corrected chi connectivity index (χ0v) is 9.29. The summed E-state index contributed by atoms with van der Waals surface area (Å²) in [4.78, 5) is 2.26. The summed E-state index contributed by atoms with van der Waals surface area (Å²) in [5.41, 5.74) is 0.186. The van der Waals surface area contributed by atoms with Gasteiger partial charge in [-0.05, 0) is 33.0 Å². The summed E-state index contributed by atoms with van der Waals surface area (Å²) in [6, 6.07) is 0. The summed E-state index contributed by atoms with van der Waals surface area (Å²) >= 11 is 5.34. The Balaban J connectivity index is 2.27. The van der Waals surface area contributed by atoms with Crippen LogP contribution in [0, 0.1) is 0 Å². The molecule has 0 aromatic rings. The van der Waals surface area contributed by atoms with Crippen molar-refractivity contribution in [3.8, 4) is 0 Å². The van der Waals surface area contributed by atoms with Crippen LogP contribution >= 0.6 is 12.2 Å². The second-order valence-electron chi connectivity index (χ2n) is 4.84. The zero-order chi connectivity index (χ0) is 9.69. The first-order chi connectivity index (χ1) is 5.93. The van der Waals surface area contributed by atoms with Crippen LogP contribution in [0.2, 0.25) is 0 Å². The Labute approximate surface area is 84.9 Å². The summed E-state index contributed by atoms with van der Waals surface area (Å²) in [5, 5.41) is 7.78. The van der Waals surface area contributed by atoms with Crippen molar-refractivity contribution in [2.75, 3.05) is 13.1 Å². The predicted octanol–water partition coefficient (Wildman–Crippen LogP) is 0.665. The van der Waals surface area contributed by atoms with Crippen LogP contribution in [0.1, 0.15) is 27.2 Å². The number of hydrogen-bond acceptors (Lipinski definition) is 2. The van der Waals surface area contributed by atoms with Crippen molar-refractivity contribution >= 4 is 17.3 Å². The molecule has 1 unspecified atom stereocenters. The van der Waals surface area contributed by atoms with Gasteiger partial charge in [0.1, 0.15) is 0 Å². The highest BCUT2D eigenvalue weighted by Crippen LogP contribution is 2.31. The normalized spacial score (nSPS) is 37.2. The van der Waals surface area contributed by atoms with E-state index in [4.69, 9.17) is 12.2 Å². The van der Waals surface area contributed by atoms with E-state index in [2.05, 4.69) is 36.3 Å². The van der Waals surface area contributed by atoms with Gasteiger partial charge in [-0.25, -0.2) is 0 Å². The Morgan fingerprint density at radius 3 is 2.77 bits per heavy atom. The van der Waals surface area contributed by atoms with Gasteiger partial charge in [0.25, 0.3) is 0 Å². The molecule has 0 aromatic carbocycles. The molecule has 0 aliphatic carbocycles. The summed E-state index contributed by atoms with van der Waals surface area (Å²) in [7, 11) is 0. The van der Waals surface area contributed by atoms with E-state index >= 15 is 0 Å². The minimum absolute atomic E-state index is 0.0752. The Bertz CT molecular complexity index is 251. The minimum Gasteiger partial charge on any atom is -0.357 e. The molecule has 74 valence electrons. The maximum absolute atomic E-state index is 5.34. The van der Waals surface area contributed by atoms with E-state index in [1.54, 1.807) is 0 Å². The number of nitrogens with one attached hydrogen (secondary N) is 2. The first-order valence-corrected chi connectivity index (χ1v) is 5.19. The Kier molecular flexibility index (Phi) is 1.83. The second-order valence-corrected chi connectivity index (χ2v) is 5.23. The van der Waals surface area contributed by atoms with Crippen LogP contribution in [0.15, 0.2) is 0 Å². The number of fused-ring (bicyclic) bond motifs is 1. The van der Waals surface area contributed by atoms with Gasteiger partial charge in [-0.15, -0.1) is 0 Å². The van der Waals surface area contributed by atoms with E-state index in [1.165, 1.54) is 0 Å². The van der Waals surface area contributed by atoms with Crippen molar-refractivity contribution in [3.63, 3.8) is 0 Å². The summed E-state index contributed by atoms with van der Waals surface area (Å²) < 4.78 is 0. The van der Waals surface area contributed by atoms with Crippen LogP contribution in [-0.4, -0.2) is 34.3 Å². The van der Waals surface area contributed by atoms with Gasteiger partial charge in [0.15, 0.2) is 5.11 Å². The molecule has 0 radical (unpaired) electrons. The van der Waals surface area contributed by atoms with Crippen LogP contribution in [0.3, 0.4) is 0 Å². The fourth-order valence-corrected chi connectivity index (χ4v) is 3.09. The molecular formula is C9H17N3S. The topological polar surface area (TPSA) is 27.3 Å². The van der Waals surface area contributed by atoms with Gasteiger partial charge in [-0.2, -0.15) is 0 Å². The van der Waals surface area contributed by atoms with Gasteiger partial charge in [-0.3, -0.25) is 5.32 Å². The molecule has 2 rings (SSSR count). The number of nitrogens with zero attached hydrogens (tertiary/aromatic N) is 1. The second kappa shape index (κ2) is 2.58. The fourth-order valence-electron chi connectivity index (χ4n) is 2.52. The van der Waals surface area contributed by atoms with E-state index in [9.17, 15) is 0 Å². The standard InChI is InChI=1S/C9H17N3S/c1-8(2)6-9(3)10-4-5-12(9)7(13)11-8/h10H,4-6H2,1-3H3,(H,11,13). The van der Waals surface area contributed by atoms with Crippen LogP contribution in [0.5, 0.6) is 0 Å². The predicted molar refractivity (Wildman–Crippen MR) is 57.5 cm³/mol. The summed E-state index contributed by atoms with van der Waals surface area (Å²) in [5.74, 6) is 0. The van der Waals surface area contributed by atoms with E-state index in [0.717, 1.165) is 24.6 Å². The quantitative estimate of drug-likeness (QED) is 0.561. The molecule has 4 heteroatoms. The molecule has 3 nitrogen and oxygen atoms in total. The number of thiocarbonyl (C=S) groups is 1. The largest absolute Gasteiger partial charge is 0.357 e. The number of hydrogen-bond donors (Lipinski definition) is 2. The summed E-state index contributed by atoms with van der Waals surface area (Å²) in [6.45, 7) is 8.69. The highest BCUT2D eigenvalue weighted by Gasteiger charge is 2.46. The molecule has 0 amide bonds. The fraction of sp³-hybridized carbons (Fsp3) is 0.889. The Morgan fingerprint density at radius 2 is 2.08 bits per heavy atom. The van der Waals surface area contributed by atoms with Crippen LogP contribution in [-0.2, 0) is 0 Å². The third kappa shape index (κ3) is 1.42. The van der Waals surface area contributed by atoms with Crippen molar-refractivity contribution in [3.05, 3.63) is 0 Å². The monoisotopic (exact) mass is 199 g/mol. The third-order valence-electron chi connectivity index (χ3n) is 2.91. The first kappa shape index (κ1) is 9.21. The lowest BCUT2D eigenvalue weighted by Gasteiger charge is -2.48. The third-order valence-corrected chi connectivity index (χ3v) is 3.24. The van der Waals surface area contributed by atoms with E-state index in [-0.39, 0.29) is 11.2 Å². The van der Waals surface area contributed by atoms with E-state index in [0.29, 0.717) is 0 Å². The van der Waals surface area contributed by atoms with Crippen LogP contribution in [0.25, 0.3) is 0 Å². The average Bonchev–Trinajstić information content (AvgIpc) is 2.26. The molecule has 0 bridgehead atoms. The molecule has 0 aromatic heterocycles. The van der Waals surface area contributed by atoms with E-state index < -0.39 is 0 Å². The van der Waals surface area contributed by atoms with Crippen molar-refractivity contribution < 1.29 is 0 Å². The zero-order valence-electron chi connectivity index (χ0n) is 8.48. The SMILES string of the molecule is CC1(C)CC2(C)NCCN2C(=S)N1. The van der Waals surface area contributed by atoms with Crippen molar-refractivity contribution in [2.24, 2.45) is 0 Å². The molecule has 2 aliphatic heterocycles. The van der Waals surface area contributed by atoms with Crippen LogP contribution < -0.4 is 10.6 Å². The molecule has 0 spiro atoms. The van der Waals surface area contributed by atoms with Gasteiger partial charge in [-0.1, -0.05) is 0 Å². The van der Waals surface area contributed by atoms with Crippen molar-refractivity contribution in [2.45, 2.75) is 38.4 Å². The maximum atomic E-state index is 5.34. The number of rotatable bonds is 0. The van der Waals surface area contributed by atoms with Crippen molar-refractivity contribution in [1.82, 2.24) is 15.5 Å². The molecule has 13 heavy (non-hydrogen) atoms. The lowest BCUT2D eigenvalue weighted by Crippen LogP contribution is -2.66. The highest BCUT2D eigenvalue weighted by atomic mass is 32.1. The molecule has 2 heterocycles. The smallest absolute Gasteiger partial charge is 0.170 e. The lowest BCUT2D eigenvalue weighted by atomic mass is 9.89. The van der Waals surface area contributed by atoms with Gasteiger partial charge in [0.05, 0.1) is 5.66 Å². The summed E-state index contributed by atoms with van der Waals surface area (Å²) in [6.07, 6.45) is 1.08. The lowest BCUT2D eigenvalue weighted by molar-refractivity contribution is 0.131. The molecule has 2 aliphatic rings. The minimum atomic E-state index is 0.0752. The van der Waals surface area contributed by atoms with Gasteiger partial charge in [0, 0.05) is 25.0 Å².